The summed E-state index contributed by atoms with van der Waals surface area (Å²) in [5.74, 6) is -1.11. The number of esters is 1. The summed E-state index contributed by atoms with van der Waals surface area (Å²) in [4.78, 5) is 27.3. The van der Waals surface area contributed by atoms with E-state index in [9.17, 15) is 9.59 Å². The summed E-state index contributed by atoms with van der Waals surface area (Å²) >= 11 is 0. The smallest absolute Gasteiger partial charge is 0.329 e. The van der Waals surface area contributed by atoms with Crippen molar-refractivity contribution in [3.63, 3.8) is 0 Å². The van der Waals surface area contributed by atoms with Crippen LogP contribution in [0.3, 0.4) is 0 Å². The van der Waals surface area contributed by atoms with Gasteiger partial charge in [0.15, 0.2) is 0 Å². The molecule has 176 valence electrons. The van der Waals surface area contributed by atoms with Gasteiger partial charge in [0.1, 0.15) is 18.1 Å². The van der Waals surface area contributed by atoms with Crippen molar-refractivity contribution in [1.29, 1.82) is 0 Å². The second-order valence-corrected chi connectivity index (χ2v) is 8.85. The summed E-state index contributed by atoms with van der Waals surface area (Å²) in [6.07, 6.45) is 1.79. The first kappa shape index (κ1) is 25.0. The molecule has 0 aliphatic carbocycles. The van der Waals surface area contributed by atoms with Crippen molar-refractivity contribution in [3.05, 3.63) is 120 Å². The minimum atomic E-state index is -1.06. The zero-order valence-corrected chi connectivity index (χ0v) is 20.1. The zero-order chi connectivity index (χ0) is 24.6. The molecule has 4 heteroatoms. The average molecular weight is 456 g/mol. The predicted octanol–water partition coefficient (Wildman–Crippen LogP) is 5.68. The summed E-state index contributed by atoms with van der Waals surface area (Å²) < 4.78 is 5.59. The number of amides is 1. The van der Waals surface area contributed by atoms with E-state index in [1.165, 1.54) is 0 Å². The predicted molar refractivity (Wildman–Crippen MR) is 136 cm³/mol. The van der Waals surface area contributed by atoms with E-state index in [2.05, 4.69) is 11.9 Å². The Hall–Kier alpha value is -3.66. The van der Waals surface area contributed by atoms with E-state index >= 15 is 0 Å². The van der Waals surface area contributed by atoms with Gasteiger partial charge in [-0.3, -0.25) is 4.79 Å². The Morgan fingerprint density at radius 3 is 1.76 bits per heavy atom. The summed E-state index contributed by atoms with van der Waals surface area (Å²) in [6.45, 7) is 9.94. The second-order valence-electron chi connectivity index (χ2n) is 8.85. The molecule has 2 atom stereocenters. The van der Waals surface area contributed by atoms with Gasteiger partial charge in [-0.25, -0.2) is 4.79 Å². The SMILES string of the molecule is C=CC(C)C(C(=O)N[C@H](C(=O)OCc1ccccc1)C(C)C)(c1ccccc1)c1ccccc1. The number of benzene rings is 3. The summed E-state index contributed by atoms with van der Waals surface area (Å²) in [7, 11) is 0. The van der Waals surface area contributed by atoms with Gasteiger partial charge in [0.2, 0.25) is 5.91 Å². The number of allylic oxidation sites excluding steroid dienone is 1. The number of carbonyl (C=O) groups excluding carboxylic acids is 2. The van der Waals surface area contributed by atoms with E-state index < -0.39 is 17.4 Å². The monoisotopic (exact) mass is 455 g/mol. The molecule has 4 nitrogen and oxygen atoms in total. The Morgan fingerprint density at radius 2 is 1.32 bits per heavy atom. The molecule has 0 aliphatic rings. The largest absolute Gasteiger partial charge is 0.459 e. The van der Waals surface area contributed by atoms with Gasteiger partial charge in [0.25, 0.3) is 0 Å². The van der Waals surface area contributed by atoms with Crippen molar-refractivity contribution in [3.8, 4) is 0 Å². The average Bonchev–Trinajstić information content (AvgIpc) is 2.87. The van der Waals surface area contributed by atoms with Gasteiger partial charge in [-0.05, 0) is 28.5 Å². The first-order valence-electron chi connectivity index (χ1n) is 11.7. The minimum Gasteiger partial charge on any atom is -0.459 e. The normalized spacial score (nSPS) is 13.1. The van der Waals surface area contributed by atoms with Crippen molar-refractivity contribution in [2.75, 3.05) is 0 Å². The van der Waals surface area contributed by atoms with Crippen LogP contribution in [0.1, 0.15) is 37.5 Å². The number of hydrogen-bond donors (Lipinski definition) is 1. The fourth-order valence-corrected chi connectivity index (χ4v) is 4.31. The molecule has 0 bridgehead atoms. The molecule has 3 aromatic carbocycles. The maximum absolute atomic E-state index is 14.2. The summed E-state index contributed by atoms with van der Waals surface area (Å²) in [5.41, 5.74) is 1.52. The van der Waals surface area contributed by atoms with Crippen LogP contribution in [0.25, 0.3) is 0 Å². The van der Waals surface area contributed by atoms with E-state index in [0.717, 1.165) is 16.7 Å². The van der Waals surface area contributed by atoms with Crippen LogP contribution < -0.4 is 5.32 Å². The molecule has 0 heterocycles. The van der Waals surface area contributed by atoms with Gasteiger partial charge in [-0.15, -0.1) is 6.58 Å². The Bertz CT molecular complexity index is 1040. The highest BCUT2D eigenvalue weighted by Crippen LogP contribution is 2.40. The van der Waals surface area contributed by atoms with Crippen LogP contribution in [-0.4, -0.2) is 17.9 Å². The molecule has 0 saturated carbocycles. The van der Waals surface area contributed by atoms with Crippen LogP contribution in [0.4, 0.5) is 0 Å². The summed E-state index contributed by atoms with van der Waals surface area (Å²) in [5, 5.41) is 3.04. The molecular weight excluding hydrogens is 422 g/mol. The fourth-order valence-electron chi connectivity index (χ4n) is 4.31. The van der Waals surface area contributed by atoms with Gasteiger partial charge >= 0.3 is 5.97 Å². The number of nitrogens with one attached hydrogen (secondary N) is 1. The molecule has 0 saturated heterocycles. The molecule has 3 aromatic rings. The zero-order valence-electron chi connectivity index (χ0n) is 20.1. The quantitative estimate of drug-likeness (QED) is 0.316. The first-order chi connectivity index (χ1) is 16.4. The van der Waals surface area contributed by atoms with Gasteiger partial charge < -0.3 is 10.1 Å². The molecule has 0 fully saturated rings. The molecule has 3 rings (SSSR count). The lowest BCUT2D eigenvalue weighted by molar-refractivity contribution is -0.151. The number of hydrogen-bond acceptors (Lipinski definition) is 3. The molecule has 0 aliphatic heterocycles. The van der Waals surface area contributed by atoms with Crippen molar-refractivity contribution in [2.45, 2.75) is 38.8 Å². The van der Waals surface area contributed by atoms with Crippen LogP contribution in [0, 0.1) is 11.8 Å². The van der Waals surface area contributed by atoms with Crippen LogP contribution in [-0.2, 0) is 26.3 Å². The minimum absolute atomic E-state index is 0.157. The lowest BCUT2D eigenvalue weighted by Crippen LogP contribution is -2.55. The molecule has 1 unspecified atom stereocenters. The van der Waals surface area contributed by atoms with Crippen molar-refractivity contribution in [1.82, 2.24) is 5.32 Å². The highest BCUT2D eigenvalue weighted by Gasteiger charge is 2.47. The van der Waals surface area contributed by atoms with Crippen LogP contribution >= 0.6 is 0 Å². The van der Waals surface area contributed by atoms with Crippen LogP contribution in [0.5, 0.6) is 0 Å². The van der Waals surface area contributed by atoms with Crippen molar-refractivity contribution < 1.29 is 14.3 Å². The third-order valence-corrected chi connectivity index (χ3v) is 6.28. The number of carbonyl (C=O) groups is 2. The number of ether oxygens (including phenoxy) is 1. The van der Waals surface area contributed by atoms with E-state index in [1.54, 1.807) is 6.08 Å². The standard InChI is InChI=1S/C30H33NO3/c1-5-23(4)30(25-17-11-7-12-18-25,26-19-13-8-14-20-26)29(33)31-27(22(2)3)28(32)34-21-24-15-9-6-10-16-24/h5-20,22-23,27H,1,21H2,2-4H3,(H,31,33)/t23?,27-/m0/s1. The van der Waals surface area contributed by atoms with Gasteiger partial charge in [-0.1, -0.05) is 118 Å². The Morgan fingerprint density at radius 1 is 0.853 bits per heavy atom. The fraction of sp³-hybridized carbons (Fsp3) is 0.267. The van der Waals surface area contributed by atoms with Gasteiger partial charge in [-0.2, -0.15) is 0 Å². The lowest BCUT2D eigenvalue weighted by atomic mass is 9.65. The molecule has 34 heavy (non-hydrogen) atoms. The Labute approximate surface area is 202 Å². The maximum Gasteiger partial charge on any atom is 0.329 e. The number of rotatable bonds is 10. The highest BCUT2D eigenvalue weighted by atomic mass is 16.5. The Kier molecular flexibility index (Phi) is 8.42. The third-order valence-electron chi connectivity index (χ3n) is 6.28. The lowest BCUT2D eigenvalue weighted by Gasteiger charge is -2.39. The van der Waals surface area contributed by atoms with E-state index in [4.69, 9.17) is 4.74 Å². The second kappa shape index (κ2) is 11.5. The van der Waals surface area contributed by atoms with E-state index in [1.807, 2.05) is 112 Å². The highest BCUT2D eigenvalue weighted by molar-refractivity contribution is 5.95. The van der Waals surface area contributed by atoms with E-state index in [0.29, 0.717) is 0 Å². The van der Waals surface area contributed by atoms with Crippen molar-refractivity contribution in [2.24, 2.45) is 11.8 Å². The van der Waals surface area contributed by atoms with Crippen LogP contribution in [0.15, 0.2) is 104 Å². The van der Waals surface area contributed by atoms with E-state index in [-0.39, 0.29) is 24.3 Å². The molecular formula is C30H33NO3. The van der Waals surface area contributed by atoms with Crippen LogP contribution in [0.2, 0.25) is 0 Å². The summed E-state index contributed by atoms with van der Waals surface area (Å²) in [6, 6.07) is 28.0. The molecule has 0 radical (unpaired) electrons. The first-order valence-corrected chi connectivity index (χ1v) is 11.7. The molecule has 1 amide bonds. The molecule has 1 N–H and O–H groups in total. The topological polar surface area (TPSA) is 55.4 Å². The molecule has 0 aromatic heterocycles. The van der Waals surface area contributed by atoms with Crippen molar-refractivity contribution >= 4 is 11.9 Å². The maximum atomic E-state index is 14.2. The van der Waals surface area contributed by atoms with Gasteiger partial charge in [0.05, 0.1) is 0 Å². The van der Waals surface area contributed by atoms with Gasteiger partial charge in [0, 0.05) is 0 Å². The molecule has 0 spiro atoms. The third kappa shape index (κ3) is 5.28. The Balaban J connectivity index is 1.98.